The Morgan fingerprint density at radius 1 is 1.42 bits per heavy atom. The molecule has 1 aromatic rings. The maximum atomic E-state index is 4.50. The van der Waals surface area contributed by atoms with Crippen LogP contribution < -0.4 is 5.32 Å². The van der Waals surface area contributed by atoms with Crippen LogP contribution in [0.4, 0.5) is 0 Å². The van der Waals surface area contributed by atoms with Crippen LogP contribution in [0.2, 0.25) is 0 Å². The average Bonchev–Trinajstić information content (AvgIpc) is 2.96. The molecule has 3 rings (SSSR count). The molecule has 0 spiro atoms. The molecule has 1 aromatic heterocycles. The zero-order valence-electron chi connectivity index (χ0n) is 12.8. The van der Waals surface area contributed by atoms with Gasteiger partial charge in [0.25, 0.3) is 0 Å². The summed E-state index contributed by atoms with van der Waals surface area (Å²) in [5.41, 5.74) is 2.82. The minimum Gasteiger partial charge on any atom is -0.316 e. The number of nitrogens with zero attached hydrogens (tertiary/aromatic N) is 3. The molecule has 4 heteroatoms. The number of nitrogens with one attached hydrogen (secondary N) is 1. The fourth-order valence-electron chi connectivity index (χ4n) is 4.31. The third kappa shape index (κ3) is 1.93. The molecule has 3 atom stereocenters. The van der Waals surface area contributed by atoms with Crippen LogP contribution in [-0.4, -0.2) is 39.9 Å². The first-order chi connectivity index (χ1) is 8.91. The molecule has 2 fully saturated rings. The molecule has 2 aliphatic heterocycles. The lowest BCUT2D eigenvalue weighted by molar-refractivity contribution is 0.0967. The number of likely N-dealkylation sites (tertiary alicyclic amines) is 1. The first kappa shape index (κ1) is 13.1. The summed E-state index contributed by atoms with van der Waals surface area (Å²) in [5, 5.41) is 8.05. The van der Waals surface area contributed by atoms with Crippen molar-refractivity contribution in [3.8, 4) is 0 Å². The van der Waals surface area contributed by atoms with Crippen LogP contribution in [0.3, 0.4) is 0 Å². The molecular weight excluding hydrogens is 236 g/mol. The molecule has 0 saturated carbocycles. The summed E-state index contributed by atoms with van der Waals surface area (Å²) in [7, 11) is 2.01. The van der Waals surface area contributed by atoms with E-state index in [1.54, 1.807) is 0 Å². The second-order valence-corrected chi connectivity index (χ2v) is 6.85. The second kappa shape index (κ2) is 4.32. The molecule has 1 N–H and O–H groups in total. The van der Waals surface area contributed by atoms with E-state index in [1.807, 2.05) is 11.7 Å². The Labute approximate surface area is 116 Å². The van der Waals surface area contributed by atoms with Gasteiger partial charge in [0, 0.05) is 43.5 Å². The first-order valence-electron chi connectivity index (χ1n) is 7.39. The molecule has 0 aliphatic carbocycles. The third-order valence-corrected chi connectivity index (χ3v) is 5.39. The van der Waals surface area contributed by atoms with Gasteiger partial charge >= 0.3 is 0 Å². The van der Waals surface area contributed by atoms with E-state index in [-0.39, 0.29) is 5.54 Å². The van der Waals surface area contributed by atoms with Gasteiger partial charge < -0.3 is 5.32 Å². The zero-order chi connectivity index (χ0) is 13.8. The van der Waals surface area contributed by atoms with Crippen molar-refractivity contribution in [2.24, 2.45) is 18.9 Å². The molecule has 4 nitrogen and oxygen atoms in total. The number of hydrogen-bond acceptors (Lipinski definition) is 3. The van der Waals surface area contributed by atoms with Crippen molar-refractivity contribution in [2.75, 3.05) is 19.6 Å². The molecule has 106 valence electrons. The highest BCUT2D eigenvalue weighted by molar-refractivity contribution is 5.21. The van der Waals surface area contributed by atoms with E-state index in [2.05, 4.69) is 49.2 Å². The fraction of sp³-hybridized carbons (Fsp3) is 0.800. The van der Waals surface area contributed by atoms with Crippen molar-refractivity contribution in [2.45, 2.75) is 39.3 Å². The summed E-state index contributed by atoms with van der Waals surface area (Å²) in [5.74, 6) is 1.60. The predicted molar refractivity (Wildman–Crippen MR) is 77.0 cm³/mol. The number of aryl methyl sites for hydroxylation is 2. The highest BCUT2D eigenvalue weighted by Crippen LogP contribution is 2.45. The molecule has 0 aromatic carbocycles. The molecule has 3 unspecified atom stereocenters. The first-order valence-corrected chi connectivity index (χ1v) is 7.39. The normalized spacial score (nSPS) is 31.6. The van der Waals surface area contributed by atoms with Crippen LogP contribution in [0.5, 0.6) is 0 Å². The number of fused-ring (bicyclic) bond motifs is 1. The van der Waals surface area contributed by atoms with Gasteiger partial charge in [-0.15, -0.1) is 0 Å². The average molecular weight is 262 g/mol. The summed E-state index contributed by atoms with van der Waals surface area (Å²) in [6.07, 6.45) is 2.18. The van der Waals surface area contributed by atoms with Gasteiger partial charge in [0.1, 0.15) is 0 Å². The van der Waals surface area contributed by atoms with Gasteiger partial charge in [-0.25, -0.2) is 0 Å². The van der Waals surface area contributed by atoms with Crippen molar-refractivity contribution >= 4 is 0 Å². The quantitative estimate of drug-likeness (QED) is 0.881. The van der Waals surface area contributed by atoms with Crippen LogP contribution >= 0.6 is 0 Å². The van der Waals surface area contributed by atoms with E-state index in [9.17, 15) is 0 Å². The Morgan fingerprint density at radius 3 is 2.74 bits per heavy atom. The van der Waals surface area contributed by atoms with Crippen LogP contribution in [0.25, 0.3) is 0 Å². The molecule has 0 radical (unpaired) electrons. The lowest BCUT2D eigenvalue weighted by atomic mass is 9.84. The minimum absolute atomic E-state index is 0.274. The van der Waals surface area contributed by atoms with Crippen molar-refractivity contribution in [1.82, 2.24) is 20.0 Å². The Hall–Kier alpha value is -0.870. The number of aromatic nitrogens is 2. The standard InChI is InChI=1S/C15H26N4/c1-10-13(9-18(5)17-10)11(2)19-8-12-6-16-7-14(12)15(19,3)4/h9,11-12,14,16H,6-8H2,1-5H3. The Morgan fingerprint density at radius 2 is 2.16 bits per heavy atom. The SMILES string of the molecule is Cc1nn(C)cc1C(C)N1CC2CNCC2C1(C)C. The van der Waals surface area contributed by atoms with Crippen LogP contribution in [0, 0.1) is 18.8 Å². The van der Waals surface area contributed by atoms with Crippen LogP contribution in [0.1, 0.15) is 38.1 Å². The largest absolute Gasteiger partial charge is 0.316 e. The van der Waals surface area contributed by atoms with E-state index in [1.165, 1.54) is 30.9 Å². The highest BCUT2D eigenvalue weighted by atomic mass is 15.3. The molecule has 2 saturated heterocycles. The van der Waals surface area contributed by atoms with Gasteiger partial charge in [0.15, 0.2) is 0 Å². The summed E-state index contributed by atoms with van der Waals surface area (Å²) in [4.78, 5) is 2.69. The minimum atomic E-state index is 0.274. The lowest BCUT2D eigenvalue weighted by Crippen LogP contribution is -2.45. The number of rotatable bonds is 2. The fourth-order valence-corrected chi connectivity index (χ4v) is 4.31. The third-order valence-electron chi connectivity index (χ3n) is 5.39. The van der Waals surface area contributed by atoms with E-state index >= 15 is 0 Å². The molecular formula is C15H26N4. The van der Waals surface area contributed by atoms with Gasteiger partial charge in [0.05, 0.1) is 5.69 Å². The smallest absolute Gasteiger partial charge is 0.0641 e. The molecule has 0 bridgehead atoms. The van der Waals surface area contributed by atoms with Gasteiger partial charge in [-0.1, -0.05) is 0 Å². The van der Waals surface area contributed by atoms with E-state index < -0.39 is 0 Å². The molecule has 19 heavy (non-hydrogen) atoms. The maximum absolute atomic E-state index is 4.50. The van der Waals surface area contributed by atoms with Crippen LogP contribution in [-0.2, 0) is 7.05 Å². The predicted octanol–water partition coefficient (Wildman–Crippen LogP) is 1.72. The Balaban J connectivity index is 1.88. The van der Waals surface area contributed by atoms with Gasteiger partial charge in [-0.2, -0.15) is 5.10 Å². The zero-order valence-corrected chi connectivity index (χ0v) is 12.8. The van der Waals surface area contributed by atoms with Crippen LogP contribution in [0.15, 0.2) is 6.20 Å². The topological polar surface area (TPSA) is 33.1 Å². The summed E-state index contributed by atoms with van der Waals surface area (Å²) < 4.78 is 1.94. The summed E-state index contributed by atoms with van der Waals surface area (Å²) in [6.45, 7) is 12.8. The maximum Gasteiger partial charge on any atom is 0.0641 e. The van der Waals surface area contributed by atoms with E-state index in [0.717, 1.165) is 11.8 Å². The van der Waals surface area contributed by atoms with E-state index in [4.69, 9.17) is 0 Å². The van der Waals surface area contributed by atoms with Gasteiger partial charge in [-0.3, -0.25) is 9.58 Å². The Kier molecular flexibility index (Phi) is 2.98. The summed E-state index contributed by atoms with van der Waals surface area (Å²) in [6, 6.07) is 0.453. The van der Waals surface area contributed by atoms with Gasteiger partial charge in [-0.05, 0) is 46.1 Å². The molecule has 3 heterocycles. The van der Waals surface area contributed by atoms with Crippen molar-refractivity contribution < 1.29 is 0 Å². The Bertz CT molecular complexity index is 476. The van der Waals surface area contributed by atoms with Gasteiger partial charge in [0.2, 0.25) is 0 Å². The van der Waals surface area contributed by atoms with E-state index in [0.29, 0.717) is 6.04 Å². The highest BCUT2D eigenvalue weighted by Gasteiger charge is 2.51. The number of hydrogen-bond donors (Lipinski definition) is 1. The van der Waals surface area contributed by atoms with Crippen molar-refractivity contribution in [3.05, 3.63) is 17.5 Å². The molecule has 0 amide bonds. The molecule has 2 aliphatic rings. The monoisotopic (exact) mass is 262 g/mol. The van der Waals surface area contributed by atoms with Crippen molar-refractivity contribution in [3.63, 3.8) is 0 Å². The van der Waals surface area contributed by atoms with Crippen molar-refractivity contribution in [1.29, 1.82) is 0 Å². The lowest BCUT2D eigenvalue weighted by Gasteiger charge is -2.39. The second-order valence-electron chi connectivity index (χ2n) is 6.85. The summed E-state index contributed by atoms with van der Waals surface area (Å²) >= 11 is 0.